The van der Waals surface area contributed by atoms with Crippen molar-refractivity contribution in [3.05, 3.63) is 29.3 Å². The molecule has 0 aliphatic heterocycles. The lowest BCUT2D eigenvalue weighted by molar-refractivity contribution is -0.136. The van der Waals surface area contributed by atoms with Crippen molar-refractivity contribution in [2.24, 2.45) is 0 Å². The van der Waals surface area contributed by atoms with E-state index in [4.69, 9.17) is 4.74 Å². The number of esters is 1. The topological polar surface area (TPSA) is 35.5 Å². The number of carbonyl (C=O) groups excluding carboxylic acids is 1. The van der Waals surface area contributed by atoms with E-state index in [2.05, 4.69) is 16.6 Å². The van der Waals surface area contributed by atoms with Crippen LogP contribution in [0.5, 0.6) is 5.75 Å². The van der Waals surface area contributed by atoms with Gasteiger partial charge in [-0.2, -0.15) is 0 Å². The second-order valence-corrected chi connectivity index (χ2v) is 2.94. The molecule has 0 aromatic heterocycles. The smallest absolute Gasteiger partial charge is 0.384 e. The fourth-order valence-electron chi connectivity index (χ4n) is 1.15. The first-order valence-electron chi connectivity index (χ1n) is 4.80. The van der Waals surface area contributed by atoms with Gasteiger partial charge in [-0.3, -0.25) is 0 Å². The molecule has 0 heterocycles. The molecule has 0 bridgehead atoms. The van der Waals surface area contributed by atoms with Crippen molar-refractivity contribution in [2.45, 2.75) is 6.92 Å². The van der Waals surface area contributed by atoms with Gasteiger partial charge in [0, 0.05) is 12.0 Å². The van der Waals surface area contributed by atoms with Gasteiger partial charge in [-0.25, -0.2) is 13.6 Å². The van der Waals surface area contributed by atoms with E-state index in [1.165, 1.54) is 7.11 Å². The molecule has 0 radical (unpaired) electrons. The van der Waals surface area contributed by atoms with Crippen molar-refractivity contribution < 1.29 is 23.0 Å². The van der Waals surface area contributed by atoms with E-state index in [-0.39, 0.29) is 17.9 Å². The number of benzene rings is 1. The highest BCUT2D eigenvalue weighted by molar-refractivity contribution is 5.89. The van der Waals surface area contributed by atoms with E-state index in [0.717, 1.165) is 6.07 Å². The SMILES string of the molecule is CCOC(=O)C#Cc1cc(F)cc(F)c1OC. The molecular formula is C12H10F2O3. The number of carbonyl (C=O) groups is 1. The summed E-state index contributed by atoms with van der Waals surface area (Å²) in [7, 11) is 1.23. The van der Waals surface area contributed by atoms with E-state index in [0.29, 0.717) is 6.07 Å². The number of ether oxygens (including phenoxy) is 2. The molecule has 1 aromatic rings. The van der Waals surface area contributed by atoms with Crippen molar-refractivity contribution in [1.82, 2.24) is 0 Å². The monoisotopic (exact) mass is 240 g/mol. The molecule has 0 atom stereocenters. The van der Waals surface area contributed by atoms with Crippen molar-refractivity contribution >= 4 is 5.97 Å². The average molecular weight is 240 g/mol. The Balaban J connectivity index is 3.09. The van der Waals surface area contributed by atoms with Crippen LogP contribution in [0.1, 0.15) is 12.5 Å². The minimum absolute atomic E-state index is 0.0435. The summed E-state index contributed by atoms with van der Waals surface area (Å²) < 4.78 is 35.5. The molecular weight excluding hydrogens is 230 g/mol. The largest absolute Gasteiger partial charge is 0.492 e. The Morgan fingerprint density at radius 2 is 2.12 bits per heavy atom. The van der Waals surface area contributed by atoms with Crippen LogP contribution in [0, 0.1) is 23.5 Å². The number of rotatable bonds is 2. The Morgan fingerprint density at radius 3 is 2.71 bits per heavy atom. The van der Waals surface area contributed by atoms with Gasteiger partial charge in [-0.15, -0.1) is 0 Å². The van der Waals surface area contributed by atoms with Crippen LogP contribution < -0.4 is 4.74 Å². The first-order chi connectivity index (χ1) is 8.08. The minimum atomic E-state index is -0.874. The molecule has 0 amide bonds. The highest BCUT2D eigenvalue weighted by Crippen LogP contribution is 2.22. The molecule has 0 saturated carbocycles. The highest BCUT2D eigenvalue weighted by Gasteiger charge is 2.10. The standard InChI is InChI=1S/C12H10F2O3/c1-3-17-11(15)5-4-8-6-9(13)7-10(14)12(8)16-2/h6-7H,3H2,1-2H3. The normalized spacial score (nSPS) is 9.18. The highest BCUT2D eigenvalue weighted by atomic mass is 19.1. The van der Waals surface area contributed by atoms with Crippen LogP contribution in [0.3, 0.4) is 0 Å². The molecule has 0 fully saturated rings. The zero-order valence-corrected chi connectivity index (χ0v) is 9.34. The molecule has 5 heteroatoms. The van der Waals surface area contributed by atoms with E-state index < -0.39 is 17.6 Å². The number of hydrogen-bond acceptors (Lipinski definition) is 3. The fraction of sp³-hybridized carbons (Fsp3) is 0.250. The number of methoxy groups -OCH3 is 1. The Labute approximate surface area is 97.3 Å². The van der Waals surface area contributed by atoms with Crippen LogP contribution in [0.25, 0.3) is 0 Å². The molecule has 90 valence electrons. The van der Waals surface area contributed by atoms with Gasteiger partial charge in [0.25, 0.3) is 0 Å². The number of hydrogen-bond donors (Lipinski definition) is 0. The summed E-state index contributed by atoms with van der Waals surface area (Å²) in [6.07, 6.45) is 0. The van der Waals surface area contributed by atoms with Crippen LogP contribution in [-0.2, 0) is 9.53 Å². The Bertz CT molecular complexity index is 487. The van der Waals surface area contributed by atoms with Crippen LogP contribution in [0.15, 0.2) is 12.1 Å². The molecule has 0 aliphatic carbocycles. The summed E-state index contributed by atoms with van der Waals surface area (Å²) in [5, 5.41) is 0. The predicted octanol–water partition coefficient (Wildman–Crippen LogP) is 1.89. The van der Waals surface area contributed by atoms with Crippen LogP contribution >= 0.6 is 0 Å². The lowest BCUT2D eigenvalue weighted by Crippen LogP contribution is -2.00. The molecule has 1 rings (SSSR count). The van der Waals surface area contributed by atoms with Crippen molar-refractivity contribution in [1.29, 1.82) is 0 Å². The molecule has 0 spiro atoms. The van der Waals surface area contributed by atoms with E-state index in [1.807, 2.05) is 0 Å². The Morgan fingerprint density at radius 1 is 1.41 bits per heavy atom. The molecule has 3 nitrogen and oxygen atoms in total. The molecule has 0 unspecified atom stereocenters. The maximum atomic E-state index is 13.2. The molecule has 1 aromatic carbocycles. The van der Waals surface area contributed by atoms with Gasteiger partial charge in [0.1, 0.15) is 5.82 Å². The Hall–Kier alpha value is -2.09. The quantitative estimate of drug-likeness (QED) is 0.585. The summed E-state index contributed by atoms with van der Waals surface area (Å²) in [4.78, 5) is 11.0. The molecule has 0 N–H and O–H groups in total. The van der Waals surface area contributed by atoms with E-state index in [9.17, 15) is 13.6 Å². The molecule has 0 saturated heterocycles. The van der Waals surface area contributed by atoms with Gasteiger partial charge in [-0.1, -0.05) is 5.92 Å². The minimum Gasteiger partial charge on any atom is -0.492 e. The lowest BCUT2D eigenvalue weighted by Gasteiger charge is -2.04. The van der Waals surface area contributed by atoms with Gasteiger partial charge < -0.3 is 9.47 Å². The summed E-state index contributed by atoms with van der Waals surface area (Å²) in [5.74, 6) is 1.77. The van der Waals surface area contributed by atoms with Crippen LogP contribution in [0.4, 0.5) is 8.78 Å². The van der Waals surface area contributed by atoms with E-state index in [1.54, 1.807) is 6.92 Å². The van der Waals surface area contributed by atoms with Crippen molar-refractivity contribution in [2.75, 3.05) is 13.7 Å². The molecule has 17 heavy (non-hydrogen) atoms. The second-order valence-electron chi connectivity index (χ2n) is 2.94. The first-order valence-corrected chi connectivity index (χ1v) is 4.80. The van der Waals surface area contributed by atoms with Gasteiger partial charge >= 0.3 is 5.97 Å². The summed E-state index contributed by atoms with van der Waals surface area (Å²) in [6, 6.07) is 1.66. The van der Waals surface area contributed by atoms with Crippen LogP contribution in [-0.4, -0.2) is 19.7 Å². The third-order valence-electron chi connectivity index (χ3n) is 1.79. The summed E-state index contributed by atoms with van der Waals surface area (Å²) in [5.41, 5.74) is -0.0435. The maximum Gasteiger partial charge on any atom is 0.384 e. The van der Waals surface area contributed by atoms with Crippen molar-refractivity contribution in [3.8, 4) is 17.6 Å². The fourth-order valence-corrected chi connectivity index (χ4v) is 1.15. The van der Waals surface area contributed by atoms with Gasteiger partial charge in [0.15, 0.2) is 11.6 Å². The first kappa shape index (κ1) is 13.0. The number of halogens is 2. The van der Waals surface area contributed by atoms with Gasteiger partial charge in [0.2, 0.25) is 0 Å². The van der Waals surface area contributed by atoms with E-state index >= 15 is 0 Å². The van der Waals surface area contributed by atoms with Gasteiger partial charge in [-0.05, 0) is 13.0 Å². The van der Waals surface area contributed by atoms with Gasteiger partial charge in [0.05, 0.1) is 19.3 Å². The third kappa shape index (κ3) is 3.45. The summed E-state index contributed by atoms with van der Waals surface area (Å²) in [6.45, 7) is 1.81. The molecule has 0 aliphatic rings. The van der Waals surface area contributed by atoms with Crippen LogP contribution in [0.2, 0.25) is 0 Å². The zero-order chi connectivity index (χ0) is 12.8. The average Bonchev–Trinajstić information content (AvgIpc) is 2.26. The third-order valence-corrected chi connectivity index (χ3v) is 1.79. The Kier molecular flexibility index (Phi) is 4.46. The summed E-state index contributed by atoms with van der Waals surface area (Å²) >= 11 is 0. The lowest BCUT2D eigenvalue weighted by atomic mass is 10.2. The predicted molar refractivity (Wildman–Crippen MR) is 56.4 cm³/mol. The maximum absolute atomic E-state index is 13.2. The second kappa shape index (κ2) is 5.85. The van der Waals surface area contributed by atoms with Crippen molar-refractivity contribution in [3.63, 3.8) is 0 Å². The zero-order valence-electron chi connectivity index (χ0n) is 9.34.